The van der Waals surface area contributed by atoms with Crippen molar-refractivity contribution in [2.24, 2.45) is 0 Å². The lowest BCUT2D eigenvalue weighted by Crippen LogP contribution is -2.57. The fourth-order valence-electron chi connectivity index (χ4n) is 3.80. The van der Waals surface area contributed by atoms with E-state index < -0.39 is 20.2 Å². The van der Waals surface area contributed by atoms with E-state index in [1.165, 1.54) is 12.9 Å². The Balaban J connectivity index is 1.67. The minimum Gasteiger partial charge on any atom is -0.373 e. The molecule has 8 nitrogen and oxygen atoms in total. The van der Waals surface area contributed by atoms with Crippen LogP contribution < -0.4 is 0 Å². The lowest BCUT2D eigenvalue weighted by molar-refractivity contribution is -0.0456. The molecular weight excluding hydrogens is 414 g/mol. The molecule has 1 aromatic rings. The summed E-state index contributed by atoms with van der Waals surface area (Å²) in [4.78, 5) is 0.244. The van der Waals surface area contributed by atoms with Crippen molar-refractivity contribution in [1.29, 1.82) is 0 Å². The van der Waals surface area contributed by atoms with Gasteiger partial charge < -0.3 is 4.74 Å². The largest absolute Gasteiger partial charge is 0.373 e. The summed E-state index contributed by atoms with van der Waals surface area (Å²) in [6.07, 6.45) is -0.326. The molecule has 3 rings (SSSR count). The Kier molecular flexibility index (Phi) is 6.72. The van der Waals surface area contributed by atoms with Gasteiger partial charge in [0.2, 0.25) is 10.0 Å². The van der Waals surface area contributed by atoms with E-state index in [1.54, 1.807) is 12.1 Å². The molecule has 1 aromatic carbocycles. The molecule has 164 valence electrons. The van der Waals surface area contributed by atoms with Gasteiger partial charge in [0.1, 0.15) is 0 Å². The highest BCUT2D eigenvalue weighted by molar-refractivity contribution is 7.89. The van der Waals surface area contributed by atoms with Crippen molar-refractivity contribution in [2.45, 2.75) is 50.7 Å². The van der Waals surface area contributed by atoms with E-state index in [4.69, 9.17) is 4.74 Å². The van der Waals surface area contributed by atoms with E-state index in [0.717, 1.165) is 5.56 Å². The van der Waals surface area contributed by atoms with Gasteiger partial charge in [0.05, 0.1) is 17.1 Å². The van der Waals surface area contributed by atoms with Gasteiger partial charge in [-0.1, -0.05) is 26.0 Å². The summed E-state index contributed by atoms with van der Waals surface area (Å²) in [5.41, 5.74) is 1.08. The van der Waals surface area contributed by atoms with Gasteiger partial charge in [0.25, 0.3) is 10.2 Å². The van der Waals surface area contributed by atoms with Gasteiger partial charge in [-0.05, 0) is 37.5 Å². The first-order valence-corrected chi connectivity index (χ1v) is 12.9. The SMILES string of the molecule is CC(C)c1ccc(S(=O)(=O)N2CCN(S(=O)(=O)N3C[C@@H](C)O[C@@H](C)C3)CC2)cc1. The molecule has 0 radical (unpaired) electrons. The minimum atomic E-state index is -3.64. The predicted molar refractivity (Wildman–Crippen MR) is 111 cm³/mol. The third-order valence-corrected chi connectivity index (χ3v) is 9.30. The molecule has 2 aliphatic rings. The molecule has 0 N–H and O–H groups in total. The van der Waals surface area contributed by atoms with E-state index in [1.807, 2.05) is 26.0 Å². The van der Waals surface area contributed by atoms with Crippen LogP contribution in [-0.2, 0) is 25.0 Å². The van der Waals surface area contributed by atoms with Crippen LogP contribution in [0.1, 0.15) is 39.2 Å². The van der Waals surface area contributed by atoms with Crippen molar-refractivity contribution in [3.8, 4) is 0 Å². The van der Waals surface area contributed by atoms with E-state index in [9.17, 15) is 16.8 Å². The molecule has 0 saturated carbocycles. The van der Waals surface area contributed by atoms with Crippen LogP contribution in [0.15, 0.2) is 29.2 Å². The van der Waals surface area contributed by atoms with Crippen LogP contribution in [0.4, 0.5) is 0 Å². The Labute approximate surface area is 174 Å². The Hall–Kier alpha value is -1.04. The molecule has 2 atom stereocenters. The van der Waals surface area contributed by atoms with Crippen LogP contribution in [0.2, 0.25) is 0 Å². The Morgan fingerprint density at radius 1 is 0.828 bits per heavy atom. The Bertz CT molecular complexity index is 898. The second-order valence-electron chi connectivity index (χ2n) is 8.11. The predicted octanol–water partition coefficient (Wildman–Crippen LogP) is 1.47. The van der Waals surface area contributed by atoms with Gasteiger partial charge in [-0.3, -0.25) is 0 Å². The summed E-state index contributed by atoms with van der Waals surface area (Å²) in [7, 11) is -7.27. The van der Waals surface area contributed by atoms with E-state index in [0.29, 0.717) is 19.0 Å². The Morgan fingerprint density at radius 2 is 1.31 bits per heavy atom. The summed E-state index contributed by atoms with van der Waals surface area (Å²) in [5.74, 6) is 0.325. The molecule has 0 aromatic heterocycles. The topological polar surface area (TPSA) is 87.2 Å². The normalized spacial score (nSPS) is 26.1. The average molecular weight is 446 g/mol. The van der Waals surface area contributed by atoms with E-state index in [2.05, 4.69) is 13.8 Å². The van der Waals surface area contributed by atoms with Gasteiger partial charge in [-0.2, -0.15) is 21.3 Å². The lowest BCUT2D eigenvalue weighted by Gasteiger charge is -2.40. The number of benzene rings is 1. The fraction of sp³-hybridized carbons (Fsp3) is 0.684. The van der Waals surface area contributed by atoms with Crippen molar-refractivity contribution in [3.63, 3.8) is 0 Å². The quantitative estimate of drug-likeness (QED) is 0.685. The van der Waals surface area contributed by atoms with Crippen LogP contribution >= 0.6 is 0 Å². The van der Waals surface area contributed by atoms with Crippen LogP contribution in [0.25, 0.3) is 0 Å². The molecule has 0 aliphatic carbocycles. The molecule has 2 heterocycles. The fourth-order valence-corrected chi connectivity index (χ4v) is 6.97. The zero-order chi connectivity index (χ0) is 21.4. The molecule has 2 fully saturated rings. The van der Waals surface area contributed by atoms with Gasteiger partial charge in [-0.15, -0.1) is 0 Å². The molecule has 29 heavy (non-hydrogen) atoms. The maximum Gasteiger partial charge on any atom is 0.282 e. The molecule has 10 heteroatoms. The second kappa shape index (κ2) is 8.60. The van der Waals surface area contributed by atoms with Crippen molar-refractivity contribution in [1.82, 2.24) is 12.9 Å². The van der Waals surface area contributed by atoms with E-state index in [-0.39, 0.29) is 43.3 Å². The summed E-state index contributed by atoms with van der Waals surface area (Å²) < 4.78 is 61.7. The number of morpholine rings is 1. The summed E-state index contributed by atoms with van der Waals surface area (Å²) in [6, 6.07) is 6.92. The van der Waals surface area contributed by atoms with Crippen LogP contribution in [0.3, 0.4) is 0 Å². The summed E-state index contributed by atoms with van der Waals surface area (Å²) in [5, 5.41) is 0. The first-order valence-electron chi connectivity index (χ1n) is 10.0. The number of piperazine rings is 1. The zero-order valence-electron chi connectivity index (χ0n) is 17.5. The van der Waals surface area contributed by atoms with Crippen LogP contribution in [0.5, 0.6) is 0 Å². The zero-order valence-corrected chi connectivity index (χ0v) is 19.1. The molecular formula is C19H31N3O5S2. The maximum absolute atomic E-state index is 13.0. The second-order valence-corrected chi connectivity index (χ2v) is 12.0. The van der Waals surface area contributed by atoms with Crippen molar-refractivity contribution in [2.75, 3.05) is 39.3 Å². The number of nitrogens with zero attached hydrogens (tertiary/aromatic N) is 3. The van der Waals surface area contributed by atoms with Gasteiger partial charge in [0, 0.05) is 39.3 Å². The van der Waals surface area contributed by atoms with Crippen LogP contribution in [-0.4, -0.2) is 81.2 Å². The lowest BCUT2D eigenvalue weighted by atomic mass is 10.0. The molecule has 0 amide bonds. The van der Waals surface area contributed by atoms with Crippen molar-refractivity contribution < 1.29 is 21.6 Å². The number of sulfonamides is 1. The highest BCUT2D eigenvalue weighted by Gasteiger charge is 2.38. The monoisotopic (exact) mass is 445 g/mol. The smallest absolute Gasteiger partial charge is 0.282 e. The molecule has 0 bridgehead atoms. The van der Waals surface area contributed by atoms with Crippen molar-refractivity contribution >= 4 is 20.2 Å². The van der Waals surface area contributed by atoms with Crippen molar-refractivity contribution in [3.05, 3.63) is 29.8 Å². The number of rotatable bonds is 5. The van der Waals surface area contributed by atoms with Gasteiger partial charge in [-0.25, -0.2) is 8.42 Å². The van der Waals surface area contributed by atoms with Gasteiger partial charge >= 0.3 is 0 Å². The number of ether oxygens (including phenoxy) is 1. The first kappa shape index (κ1) is 22.6. The van der Waals surface area contributed by atoms with Gasteiger partial charge in [0.15, 0.2) is 0 Å². The minimum absolute atomic E-state index is 0.142. The standard InChI is InChI=1S/C19H31N3O5S2/c1-15(2)18-5-7-19(8-6-18)28(23,24)20-9-11-21(12-10-20)29(25,26)22-13-16(3)27-17(4)14-22/h5-8,15-17H,9-14H2,1-4H3/t16-,17+. The molecule has 2 saturated heterocycles. The maximum atomic E-state index is 13.0. The third kappa shape index (κ3) is 4.83. The number of hydrogen-bond donors (Lipinski definition) is 0. The number of hydrogen-bond acceptors (Lipinski definition) is 5. The summed E-state index contributed by atoms with van der Waals surface area (Å²) in [6.45, 7) is 9.02. The Morgan fingerprint density at radius 3 is 1.79 bits per heavy atom. The van der Waals surface area contributed by atoms with Crippen LogP contribution in [0, 0.1) is 0 Å². The average Bonchev–Trinajstić information content (AvgIpc) is 2.67. The highest BCUT2D eigenvalue weighted by Crippen LogP contribution is 2.23. The molecule has 0 unspecified atom stereocenters. The molecule has 2 aliphatic heterocycles. The van der Waals surface area contributed by atoms with E-state index >= 15 is 0 Å². The first-order chi connectivity index (χ1) is 13.5. The summed E-state index contributed by atoms with van der Waals surface area (Å²) >= 11 is 0. The molecule has 0 spiro atoms. The third-order valence-electron chi connectivity index (χ3n) is 5.42. The highest BCUT2D eigenvalue weighted by atomic mass is 32.2.